The third-order valence-corrected chi connectivity index (χ3v) is 7.90. The van der Waals surface area contributed by atoms with Crippen molar-refractivity contribution in [3.8, 4) is 0 Å². The van der Waals surface area contributed by atoms with E-state index in [4.69, 9.17) is 28.9 Å². The summed E-state index contributed by atoms with van der Waals surface area (Å²) in [5.74, 6) is -0.935. The summed E-state index contributed by atoms with van der Waals surface area (Å²) in [6, 6.07) is 5.90. The number of amides is 1. The molecule has 13 heteroatoms. The molecule has 0 aliphatic rings. The summed E-state index contributed by atoms with van der Waals surface area (Å²) in [5, 5.41) is -0.579. The standard InChI is InChI=1S/C18H17Cl2F3N2O4S2/c1-17(2,16(24)26)9-30(27)15-6-3-10(19)7-14(15)25-31(28,29)11-4-5-13(20)12(8-11)18(21,22)23/h3-8,25H,9H2,1-2H3,(H2,24,26). The van der Waals surface area contributed by atoms with Gasteiger partial charge in [-0.15, -0.1) is 0 Å². The van der Waals surface area contributed by atoms with Crippen LogP contribution in [0.2, 0.25) is 10.0 Å². The summed E-state index contributed by atoms with van der Waals surface area (Å²) in [7, 11) is -6.43. The van der Waals surface area contributed by atoms with E-state index in [9.17, 15) is 30.6 Å². The number of carbonyl (C=O) groups excluding carboxylic acids is 1. The lowest BCUT2D eigenvalue weighted by atomic mass is 9.96. The minimum atomic E-state index is -4.87. The van der Waals surface area contributed by atoms with Crippen LogP contribution in [-0.2, 0) is 31.8 Å². The van der Waals surface area contributed by atoms with Crippen LogP contribution in [0.5, 0.6) is 0 Å². The van der Waals surface area contributed by atoms with Gasteiger partial charge in [0, 0.05) is 10.8 Å². The van der Waals surface area contributed by atoms with Crippen molar-refractivity contribution in [2.75, 3.05) is 10.5 Å². The summed E-state index contributed by atoms with van der Waals surface area (Å²) >= 11 is 11.4. The minimum absolute atomic E-state index is 0.0210. The van der Waals surface area contributed by atoms with Gasteiger partial charge in [-0.25, -0.2) is 8.42 Å². The van der Waals surface area contributed by atoms with Gasteiger partial charge in [0.25, 0.3) is 10.0 Å². The van der Waals surface area contributed by atoms with Gasteiger partial charge in [0.05, 0.1) is 42.3 Å². The number of nitrogens with two attached hydrogens (primary N) is 1. The van der Waals surface area contributed by atoms with Gasteiger partial charge in [0.2, 0.25) is 5.91 Å². The topological polar surface area (TPSA) is 106 Å². The number of nitrogens with one attached hydrogen (secondary N) is 1. The lowest BCUT2D eigenvalue weighted by molar-refractivity contribution is -0.137. The van der Waals surface area contributed by atoms with E-state index in [2.05, 4.69) is 4.72 Å². The molecule has 2 aromatic carbocycles. The molecule has 0 saturated heterocycles. The molecule has 2 rings (SSSR count). The molecule has 2 aromatic rings. The number of rotatable bonds is 7. The SMILES string of the molecule is CC(C)(CS(=O)c1ccc(Cl)cc1NS(=O)(=O)c1ccc(Cl)c(C(F)(F)F)c1)C(N)=O. The van der Waals surface area contributed by atoms with Gasteiger partial charge >= 0.3 is 6.18 Å². The molecule has 0 aromatic heterocycles. The Kier molecular flexibility index (Phi) is 7.36. The van der Waals surface area contributed by atoms with Crippen molar-refractivity contribution in [2.45, 2.75) is 29.8 Å². The molecule has 1 amide bonds. The smallest absolute Gasteiger partial charge is 0.369 e. The maximum Gasteiger partial charge on any atom is 0.417 e. The van der Waals surface area contributed by atoms with Crippen LogP contribution < -0.4 is 10.5 Å². The maximum absolute atomic E-state index is 13.1. The summed E-state index contributed by atoms with van der Waals surface area (Å²) in [5.41, 5.74) is 2.58. The molecule has 0 spiro atoms. The second kappa shape index (κ2) is 8.97. The Morgan fingerprint density at radius 3 is 2.29 bits per heavy atom. The van der Waals surface area contributed by atoms with Crippen molar-refractivity contribution in [3.05, 3.63) is 52.0 Å². The Labute approximate surface area is 189 Å². The Balaban J connectivity index is 2.48. The monoisotopic (exact) mass is 516 g/mol. The predicted octanol–water partition coefficient (Wildman–Crippen LogP) is 4.43. The van der Waals surface area contributed by atoms with Crippen LogP contribution in [0.3, 0.4) is 0 Å². The number of anilines is 1. The van der Waals surface area contributed by atoms with Gasteiger partial charge in [-0.1, -0.05) is 37.0 Å². The number of benzene rings is 2. The molecule has 0 aliphatic carbocycles. The number of alkyl halides is 3. The van der Waals surface area contributed by atoms with Gasteiger partial charge in [0.1, 0.15) is 0 Å². The van der Waals surface area contributed by atoms with Gasteiger partial charge in [-0.2, -0.15) is 13.2 Å². The van der Waals surface area contributed by atoms with E-state index in [0.717, 1.165) is 18.2 Å². The zero-order chi connectivity index (χ0) is 23.8. The minimum Gasteiger partial charge on any atom is -0.369 e. The van der Waals surface area contributed by atoms with Crippen LogP contribution in [0.25, 0.3) is 0 Å². The Morgan fingerprint density at radius 2 is 1.74 bits per heavy atom. The van der Waals surface area contributed by atoms with Crippen LogP contribution in [0.1, 0.15) is 19.4 Å². The first kappa shape index (κ1) is 25.4. The lowest BCUT2D eigenvalue weighted by Gasteiger charge is -2.21. The van der Waals surface area contributed by atoms with E-state index in [-0.39, 0.29) is 21.4 Å². The van der Waals surface area contributed by atoms with Gasteiger partial charge in [-0.3, -0.25) is 13.7 Å². The number of carbonyl (C=O) groups is 1. The largest absolute Gasteiger partial charge is 0.417 e. The average Bonchev–Trinajstić information content (AvgIpc) is 2.59. The zero-order valence-corrected chi connectivity index (χ0v) is 19.2. The van der Waals surface area contributed by atoms with E-state index in [1.165, 1.54) is 26.0 Å². The molecular formula is C18H17Cl2F3N2O4S2. The van der Waals surface area contributed by atoms with Crippen molar-refractivity contribution in [2.24, 2.45) is 11.1 Å². The molecule has 170 valence electrons. The Morgan fingerprint density at radius 1 is 1.13 bits per heavy atom. The maximum atomic E-state index is 13.1. The number of sulfonamides is 1. The fourth-order valence-corrected chi connectivity index (χ4v) is 5.44. The molecule has 31 heavy (non-hydrogen) atoms. The number of hydrogen-bond donors (Lipinski definition) is 2. The van der Waals surface area contributed by atoms with E-state index in [1.807, 2.05) is 0 Å². The third-order valence-electron chi connectivity index (χ3n) is 4.14. The second-order valence-corrected chi connectivity index (χ2v) is 11.1. The van der Waals surface area contributed by atoms with E-state index in [0.29, 0.717) is 6.07 Å². The van der Waals surface area contributed by atoms with E-state index >= 15 is 0 Å². The van der Waals surface area contributed by atoms with E-state index < -0.39 is 53.8 Å². The predicted molar refractivity (Wildman–Crippen MR) is 113 cm³/mol. The van der Waals surface area contributed by atoms with Crippen molar-refractivity contribution >= 4 is 55.6 Å². The highest BCUT2D eigenvalue weighted by atomic mass is 35.5. The Hall–Kier alpha value is -1.82. The molecule has 3 N–H and O–H groups in total. The number of halogens is 5. The van der Waals surface area contributed by atoms with Gasteiger partial charge in [0.15, 0.2) is 0 Å². The van der Waals surface area contributed by atoms with Crippen LogP contribution in [-0.4, -0.2) is 24.3 Å². The summed E-state index contributed by atoms with van der Waals surface area (Å²) in [6.07, 6.45) is -4.87. The van der Waals surface area contributed by atoms with Crippen molar-refractivity contribution < 1.29 is 30.6 Å². The van der Waals surface area contributed by atoms with Crippen molar-refractivity contribution in [1.29, 1.82) is 0 Å². The molecule has 0 heterocycles. The second-order valence-electron chi connectivity index (χ2n) is 7.12. The molecule has 6 nitrogen and oxygen atoms in total. The first-order valence-electron chi connectivity index (χ1n) is 8.42. The van der Waals surface area contributed by atoms with Crippen molar-refractivity contribution in [1.82, 2.24) is 0 Å². The van der Waals surface area contributed by atoms with Gasteiger partial charge < -0.3 is 5.73 Å². The average molecular weight is 517 g/mol. The summed E-state index contributed by atoms with van der Waals surface area (Å²) in [6.45, 7) is 2.94. The molecule has 1 atom stereocenters. The molecule has 0 radical (unpaired) electrons. The molecule has 1 unspecified atom stereocenters. The summed E-state index contributed by atoms with van der Waals surface area (Å²) < 4.78 is 79.7. The van der Waals surface area contributed by atoms with Crippen LogP contribution in [0.15, 0.2) is 46.2 Å². The number of primary amides is 1. The highest BCUT2D eigenvalue weighted by Gasteiger charge is 2.35. The highest BCUT2D eigenvalue weighted by molar-refractivity contribution is 7.92. The molecular weight excluding hydrogens is 500 g/mol. The molecule has 0 fully saturated rings. The first-order chi connectivity index (χ1) is 14.0. The summed E-state index contributed by atoms with van der Waals surface area (Å²) in [4.78, 5) is 10.8. The quantitative estimate of drug-likeness (QED) is 0.567. The molecule has 0 bridgehead atoms. The normalized spacial score (nSPS) is 13.6. The van der Waals surface area contributed by atoms with Gasteiger partial charge in [-0.05, 0) is 36.4 Å². The molecule has 0 saturated carbocycles. The van der Waals surface area contributed by atoms with Crippen LogP contribution in [0.4, 0.5) is 18.9 Å². The number of hydrogen-bond acceptors (Lipinski definition) is 4. The van der Waals surface area contributed by atoms with Crippen LogP contribution in [0, 0.1) is 5.41 Å². The first-order valence-corrected chi connectivity index (χ1v) is 12.0. The lowest BCUT2D eigenvalue weighted by Crippen LogP contribution is -2.36. The highest BCUT2D eigenvalue weighted by Crippen LogP contribution is 2.36. The van der Waals surface area contributed by atoms with Crippen molar-refractivity contribution in [3.63, 3.8) is 0 Å². The Bertz CT molecular complexity index is 1150. The zero-order valence-electron chi connectivity index (χ0n) is 16.1. The van der Waals surface area contributed by atoms with E-state index in [1.54, 1.807) is 0 Å². The fraction of sp³-hybridized carbons (Fsp3) is 0.278. The fourth-order valence-electron chi connectivity index (χ4n) is 2.35. The molecule has 0 aliphatic heterocycles. The van der Waals surface area contributed by atoms with Crippen LogP contribution >= 0.6 is 23.2 Å². The third kappa shape index (κ3) is 6.12.